The first-order valence-corrected chi connectivity index (χ1v) is 6.97. The number of benzene rings is 1. The zero-order valence-corrected chi connectivity index (χ0v) is 11.6. The normalized spacial score (nSPS) is 10.5. The fourth-order valence-electron chi connectivity index (χ4n) is 1.83. The summed E-state index contributed by atoms with van der Waals surface area (Å²) in [6.07, 6.45) is 2.97. The Balaban J connectivity index is 1.64. The minimum Gasteiger partial charge on any atom is -0.357 e. The molecule has 0 aliphatic rings. The summed E-state index contributed by atoms with van der Waals surface area (Å²) in [5.74, 6) is 0. The van der Waals surface area contributed by atoms with Crippen LogP contribution < -0.4 is 5.32 Å². The lowest BCUT2D eigenvalue weighted by Crippen LogP contribution is -1.98. The van der Waals surface area contributed by atoms with Gasteiger partial charge in [-0.3, -0.25) is 15.2 Å². The van der Waals surface area contributed by atoms with E-state index in [1.807, 2.05) is 30.3 Å². The number of nitrogens with zero attached hydrogens (tertiary/aromatic N) is 3. The number of thiazole rings is 1. The number of hydrogen-bond acceptors (Lipinski definition) is 6. The van der Waals surface area contributed by atoms with E-state index in [-0.39, 0.29) is 5.00 Å². The molecule has 2 N–H and O–H groups in total. The zero-order valence-electron chi connectivity index (χ0n) is 10.8. The van der Waals surface area contributed by atoms with Crippen LogP contribution in [0.15, 0.2) is 42.7 Å². The fourth-order valence-corrected chi connectivity index (χ4v) is 2.46. The lowest BCUT2D eigenvalue weighted by atomic mass is 10.1. The van der Waals surface area contributed by atoms with Crippen molar-refractivity contribution in [3.8, 4) is 11.3 Å². The molecule has 2 aromatic heterocycles. The second-order valence-electron chi connectivity index (χ2n) is 4.28. The van der Waals surface area contributed by atoms with E-state index in [0.717, 1.165) is 28.2 Å². The van der Waals surface area contributed by atoms with Gasteiger partial charge in [0.25, 0.3) is 0 Å². The molecule has 0 radical (unpaired) electrons. The molecule has 0 aliphatic carbocycles. The van der Waals surface area contributed by atoms with E-state index < -0.39 is 4.92 Å². The van der Waals surface area contributed by atoms with E-state index in [1.54, 1.807) is 6.20 Å². The summed E-state index contributed by atoms with van der Waals surface area (Å²) >= 11 is 1.03. The molecule has 3 aromatic rings. The highest BCUT2D eigenvalue weighted by atomic mass is 32.1. The van der Waals surface area contributed by atoms with Crippen LogP contribution in [0.1, 0.15) is 5.56 Å². The zero-order chi connectivity index (χ0) is 14.7. The largest absolute Gasteiger partial charge is 0.357 e. The van der Waals surface area contributed by atoms with Crippen molar-refractivity contribution in [2.45, 2.75) is 6.54 Å². The predicted molar refractivity (Wildman–Crippen MR) is 80.1 cm³/mol. The van der Waals surface area contributed by atoms with Crippen LogP contribution in [0.25, 0.3) is 11.3 Å². The highest BCUT2D eigenvalue weighted by Crippen LogP contribution is 2.25. The molecule has 0 fully saturated rings. The Kier molecular flexibility index (Phi) is 3.61. The molecule has 0 amide bonds. The van der Waals surface area contributed by atoms with Gasteiger partial charge in [-0.25, -0.2) is 4.98 Å². The van der Waals surface area contributed by atoms with E-state index in [9.17, 15) is 10.1 Å². The van der Waals surface area contributed by atoms with Crippen molar-refractivity contribution >= 4 is 21.5 Å². The van der Waals surface area contributed by atoms with Crippen molar-refractivity contribution in [3.63, 3.8) is 0 Å². The van der Waals surface area contributed by atoms with E-state index in [0.29, 0.717) is 11.7 Å². The maximum Gasteiger partial charge on any atom is 0.345 e. The van der Waals surface area contributed by atoms with Gasteiger partial charge in [0.15, 0.2) is 5.13 Å². The predicted octanol–water partition coefficient (Wildman–Crippen LogP) is 3.05. The molecule has 0 spiro atoms. The third-order valence-electron chi connectivity index (χ3n) is 2.88. The Bertz CT molecular complexity index is 736. The van der Waals surface area contributed by atoms with Gasteiger partial charge >= 0.3 is 5.00 Å². The van der Waals surface area contributed by atoms with E-state index >= 15 is 0 Å². The number of nitrogens with one attached hydrogen (secondary N) is 2. The van der Waals surface area contributed by atoms with Gasteiger partial charge in [0.05, 0.1) is 10.6 Å². The number of aromatic amines is 1. The van der Waals surface area contributed by atoms with Crippen molar-refractivity contribution in [2.75, 3.05) is 5.32 Å². The average Bonchev–Trinajstić information content (AvgIpc) is 3.17. The second kappa shape index (κ2) is 5.71. The van der Waals surface area contributed by atoms with E-state index in [1.165, 1.54) is 6.20 Å². The molecule has 2 heterocycles. The Morgan fingerprint density at radius 1 is 1.29 bits per heavy atom. The maximum atomic E-state index is 10.6. The van der Waals surface area contributed by atoms with Crippen molar-refractivity contribution in [2.24, 2.45) is 0 Å². The summed E-state index contributed by atoms with van der Waals surface area (Å²) in [6, 6.07) is 9.88. The molecule has 0 saturated heterocycles. The standard InChI is InChI=1S/C13H11N5O2S/c19-18(20)12-8-15-13(21-12)14-7-9-1-3-10(4-2-9)11-5-6-16-17-11/h1-6,8H,7H2,(H,14,15)(H,16,17). The average molecular weight is 301 g/mol. The molecule has 0 unspecified atom stereocenters. The molecular weight excluding hydrogens is 290 g/mol. The Labute approximate surface area is 123 Å². The monoisotopic (exact) mass is 301 g/mol. The van der Waals surface area contributed by atoms with Crippen molar-refractivity contribution in [3.05, 3.63) is 58.4 Å². The summed E-state index contributed by atoms with van der Waals surface area (Å²) < 4.78 is 0. The molecule has 0 saturated carbocycles. The first kappa shape index (κ1) is 13.3. The van der Waals surface area contributed by atoms with Gasteiger partial charge in [0.1, 0.15) is 6.20 Å². The molecule has 21 heavy (non-hydrogen) atoms. The van der Waals surface area contributed by atoms with E-state index in [4.69, 9.17) is 0 Å². The molecule has 0 aliphatic heterocycles. The van der Waals surface area contributed by atoms with Crippen molar-refractivity contribution in [1.29, 1.82) is 0 Å². The lowest BCUT2D eigenvalue weighted by molar-refractivity contribution is -0.380. The second-order valence-corrected chi connectivity index (χ2v) is 5.29. The summed E-state index contributed by atoms with van der Waals surface area (Å²) in [4.78, 5) is 14.1. The van der Waals surface area contributed by atoms with E-state index in [2.05, 4.69) is 20.5 Å². The van der Waals surface area contributed by atoms with Gasteiger partial charge in [0.2, 0.25) is 0 Å². The number of hydrogen-bond donors (Lipinski definition) is 2. The van der Waals surface area contributed by atoms with Crippen LogP contribution in [0.2, 0.25) is 0 Å². The van der Waals surface area contributed by atoms with Crippen LogP contribution in [0.3, 0.4) is 0 Å². The third kappa shape index (κ3) is 3.06. The third-order valence-corrected chi connectivity index (χ3v) is 3.79. The lowest BCUT2D eigenvalue weighted by Gasteiger charge is -2.04. The molecule has 0 bridgehead atoms. The van der Waals surface area contributed by atoms with Crippen LogP contribution >= 0.6 is 11.3 Å². The molecule has 8 heteroatoms. The minimum absolute atomic E-state index is 0.0343. The van der Waals surface area contributed by atoms with Gasteiger partial charge in [-0.15, -0.1) is 0 Å². The number of anilines is 1. The van der Waals surface area contributed by atoms with Crippen LogP contribution in [0.5, 0.6) is 0 Å². The highest BCUT2D eigenvalue weighted by Gasteiger charge is 2.10. The summed E-state index contributed by atoms with van der Waals surface area (Å²) in [7, 11) is 0. The van der Waals surface area contributed by atoms with Crippen LogP contribution in [-0.4, -0.2) is 20.1 Å². The van der Waals surface area contributed by atoms with Crippen LogP contribution in [0, 0.1) is 10.1 Å². The number of rotatable bonds is 5. The molecule has 3 rings (SSSR count). The highest BCUT2D eigenvalue weighted by molar-refractivity contribution is 7.18. The number of nitro groups is 1. The summed E-state index contributed by atoms with van der Waals surface area (Å²) in [6.45, 7) is 0.563. The van der Waals surface area contributed by atoms with Gasteiger partial charge in [-0.05, 0) is 28.5 Å². The molecular formula is C13H11N5O2S. The van der Waals surface area contributed by atoms with Crippen molar-refractivity contribution < 1.29 is 4.92 Å². The summed E-state index contributed by atoms with van der Waals surface area (Å²) in [5.41, 5.74) is 3.09. The van der Waals surface area contributed by atoms with Gasteiger partial charge < -0.3 is 5.32 Å². The van der Waals surface area contributed by atoms with Crippen molar-refractivity contribution in [1.82, 2.24) is 15.2 Å². The van der Waals surface area contributed by atoms with Gasteiger partial charge in [-0.2, -0.15) is 5.10 Å². The molecule has 106 valence electrons. The number of H-pyrrole nitrogens is 1. The van der Waals surface area contributed by atoms with Gasteiger partial charge in [-0.1, -0.05) is 24.3 Å². The minimum atomic E-state index is -0.442. The van der Waals surface area contributed by atoms with Crippen LogP contribution in [-0.2, 0) is 6.54 Å². The smallest absolute Gasteiger partial charge is 0.345 e. The van der Waals surface area contributed by atoms with Crippen LogP contribution in [0.4, 0.5) is 10.1 Å². The SMILES string of the molecule is O=[N+]([O-])c1cnc(NCc2ccc(-c3ccn[nH]3)cc2)s1. The molecule has 1 aromatic carbocycles. The van der Waals surface area contributed by atoms with Gasteiger partial charge in [0, 0.05) is 12.7 Å². The topological polar surface area (TPSA) is 96.7 Å². The Morgan fingerprint density at radius 3 is 2.71 bits per heavy atom. The summed E-state index contributed by atoms with van der Waals surface area (Å²) in [5, 5.41) is 21.0. The molecule has 7 nitrogen and oxygen atoms in total. The first-order valence-electron chi connectivity index (χ1n) is 6.15. The number of aromatic nitrogens is 3. The Morgan fingerprint density at radius 2 is 2.10 bits per heavy atom. The maximum absolute atomic E-state index is 10.6. The Hall–Kier alpha value is -2.74. The first-order chi connectivity index (χ1) is 10.2. The fraction of sp³-hybridized carbons (Fsp3) is 0.0769. The quantitative estimate of drug-likeness (QED) is 0.557. The molecule has 0 atom stereocenters.